The van der Waals surface area contributed by atoms with Crippen molar-refractivity contribution in [2.75, 3.05) is 33.8 Å². The predicted molar refractivity (Wildman–Crippen MR) is 152 cm³/mol. The lowest BCUT2D eigenvalue weighted by Gasteiger charge is -2.31. The van der Waals surface area contributed by atoms with Gasteiger partial charge in [-0.25, -0.2) is 0 Å². The summed E-state index contributed by atoms with van der Waals surface area (Å²) in [4.78, 5) is 19.9. The molecule has 2 aromatic rings. The summed E-state index contributed by atoms with van der Waals surface area (Å²) in [5.74, 6) is 1.15. The SMILES string of the molecule is CC.CCN1CCC(c2ccc(C)c(C(=O)NC(C)c3cc(OC)cc(/C(C=NC)=C/N)c3)c2)CC1. The molecule has 1 atom stereocenters. The highest BCUT2D eigenvalue weighted by Gasteiger charge is 2.22. The molecule has 196 valence electrons. The third-order valence-corrected chi connectivity index (χ3v) is 6.81. The van der Waals surface area contributed by atoms with Gasteiger partial charge in [-0.2, -0.15) is 0 Å². The van der Waals surface area contributed by atoms with Gasteiger partial charge in [-0.1, -0.05) is 32.9 Å². The van der Waals surface area contributed by atoms with Gasteiger partial charge in [0.05, 0.1) is 13.2 Å². The van der Waals surface area contributed by atoms with Crippen LogP contribution >= 0.6 is 0 Å². The van der Waals surface area contributed by atoms with Crippen LogP contribution in [0.15, 0.2) is 47.6 Å². The second-order valence-corrected chi connectivity index (χ2v) is 8.98. The van der Waals surface area contributed by atoms with Crippen molar-refractivity contribution in [3.63, 3.8) is 0 Å². The summed E-state index contributed by atoms with van der Waals surface area (Å²) in [6.45, 7) is 13.5. The topological polar surface area (TPSA) is 80.0 Å². The van der Waals surface area contributed by atoms with Crippen LogP contribution in [0.3, 0.4) is 0 Å². The molecule has 0 radical (unpaired) electrons. The number of benzene rings is 2. The zero-order chi connectivity index (χ0) is 26.7. The van der Waals surface area contributed by atoms with Crippen LogP contribution in [0.2, 0.25) is 0 Å². The maximum atomic E-state index is 13.3. The second-order valence-electron chi connectivity index (χ2n) is 8.98. The maximum Gasteiger partial charge on any atom is 0.252 e. The molecular formula is C30H44N4O2. The molecule has 0 aromatic heterocycles. The first-order valence-electron chi connectivity index (χ1n) is 13.1. The largest absolute Gasteiger partial charge is 0.497 e. The van der Waals surface area contributed by atoms with Crippen LogP contribution in [0.1, 0.15) is 85.1 Å². The van der Waals surface area contributed by atoms with Crippen LogP contribution in [0.4, 0.5) is 0 Å². The number of hydrogen-bond donors (Lipinski definition) is 2. The van der Waals surface area contributed by atoms with Gasteiger partial charge in [-0.15, -0.1) is 0 Å². The zero-order valence-corrected chi connectivity index (χ0v) is 23.1. The Balaban J connectivity index is 0.00000222. The highest BCUT2D eigenvalue weighted by atomic mass is 16.5. The van der Waals surface area contributed by atoms with Gasteiger partial charge in [0, 0.05) is 30.6 Å². The number of aryl methyl sites for hydroxylation is 1. The van der Waals surface area contributed by atoms with E-state index in [0.717, 1.165) is 60.3 Å². The van der Waals surface area contributed by atoms with E-state index in [-0.39, 0.29) is 11.9 Å². The molecule has 3 N–H and O–H groups in total. The van der Waals surface area contributed by atoms with Crippen molar-refractivity contribution in [1.29, 1.82) is 0 Å². The van der Waals surface area contributed by atoms with Crippen molar-refractivity contribution in [3.05, 3.63) is 70.4 Å². The van der Waals surface area contributed by atoms with E-state index in [4.69, 9.17) is 10.5 Å². The third kappa shape index (κ3) is 7.44. The molecule has 2 aromatic carbocycles. The normalized spacial score (nSPS) is 15.8. The van der Waals surface area contributed by atoms with Gasteiger partial charge in [0.2, 0.25) is 0 Å². The number of nitrogens with one attached hydrogen (secondary N) is 1. The van der Waals surface area contributed by atoms with Gasteiger partial charge >= 0.3 is 0 Å². The Hall–Kier alpha value is -3.12. The predicted octanol–water partition coefficient (Wildman–Crippen LogP) is 5.72. The van der Waals surface area contributed by atoms with Crippen molar-refractivity contribution in [2.24, 2.45) is 10.7 Å². The molecule has 1 fully saturated rings. The first-order chi connectivity index (χ1) is 17.4. The molecule has 6 nitrogen and oxygen atoms in total. The first-order valence-corrected chi connectivity index (χ1v) is 13.1. The van der Waals surface area contributed by atoms with Gasteiger partial charge < -0.3 is 20.7 Å². The van der Waals surface area contributed by atoms with Gasteiger partial charge in [-0.3, -0.25) is 9.79 Å². The zero-order valence-electron chi connectivity index (χ0n) is 23.1. The van der Waals surface area contributed by atoms with Crippen molar-refractivity contribution in [3.8, 4) is 5.75 Å². The van der Waals surface area contributed by atoms with E-state index in [1.165, 1.54) is 11.8 Å². The number of nitrogens with zero attached hydrogens (tertiary/aromatic N) is 2. The molecule has 36 heavy (non-hydrogen) atoms. The van der Waals surface area contributed by atoms with E-state index in [9.17, 15) is 4.79 Å². The molecule has 3 rings (SSSR count). The van der Waals surface area contributed by atoms with Gasteiger partial charge in [0.15, 0.2) is 0 Å². The van der Waals surface area contributed by atoms with E-state index in [1.807, 2.05) is 45.9 Å². The summed E-state index contributed by atoms with van der Waals surface area (Å²) >= 11 is 0. The molecule has 1 heterocycles. The number of hydrogen-bond acceptors (Lipinski definition) is 5. The van der Waals surface area contributed by atoms with Gasteiger partial charge in [-0.05, 0) is 98.8 Å². The minimum absolute atomic E-state index is 0.0630. The summed E-state index contributed by atoms with van der Waals surface area (Å²) < 4.78 is 5.50. The number of methoxy groups -OCH3 is 1. The standard InChI is InChI=1S/C28H38N4O2.C2H6/c1-6-32-11-9-21(10-12-32)22-8-7-19(2)27(16-22)28(33)31-20(3)23-13-24(15-26(14-23)34-5)25(17-29)18-30-4;1-2/h7-8,13-18,20-21H,6,9-12,29H2,1-5H3,(H,31,33);1-2H3/b25-17+,30-18?;. The summed E-state index contributed by atoms with van der Waals surface area (Å²) in [7, 11) is 3.34. The number of piperidine rings is 1. The number of ether oxygens (including phenoxy) is 1. The van der Waals surface area contributed by atoms with Crippen LogP contribution in [-0.4, -0.2) is 50.8 Å². The fourth-order valence-electron chi connectivity index (χ4n) is 4.59. The number of carbonyl (C=O) groups excluding carboxylic acids is 1. The third-order valence-electron chi connectivity index (χ3n) is 6.81. The highest BCUT2D eigenvalue weighted by Crippen LogP contribution is 2.30. The fraction of sp³-hybridized carbons (Fsp3) is 0.467. The molecule has 1 aliphatic rings. The van der Waals surface area contributed by atoms with E-state index in [2.05, 4.69) is 40.3 Å². The summed E-state index contributed by atoms with van der Waals surface area (Å²) in [6.07, 6.45) is 5.51. The van der Waals surface area contributed by atoms with Crippen LogP contribution in [-0.2, 0) is 0 Å². The Morgan fingerprint density at radius 3 is 2.50 bits per heavy atom. The average molecular weight is 493 g/mol. The molecule has 1 aliphatic heterocycles. The van der Waals surface area contributed by atoms with Crippen molar-refractivity contribution in [1.82, 2.24) is 10.2 Å². The van der Waals surface area contributed by atoms with E-state index >= 15 is 0 Å². The Labute approximate surface area is 217 Å². The number of amides is 1. The average Bonchev–Trinajstić information content (AvgIpc) is 2.92. The molecular weight excluding hydrogens is 448 g/mol. The van der Waals surface area contributed by atoms with Gasteiger partial charge in [0.1, 0.15) is 5.75 Å². The Bertz CT molecular complexity index is 1050. The maximum absolute atomic E-state index is 13.3. The lowest BCUT2D eigenvalue weighted by Crippen LogP contribution is -2.32. The highest BCUT2D eigenvalue weighted by molar-refractivity contribution is 6.09. The number of carbonyl (C=O) groups is 1. The van der Waals surface area contributed by atoms with E-state index in [1.54, 1.807) is 20.4 Å². The van der Waals surface area contributed by atoms with Crippen LogP contribution in [0.25, 0.3) is 5.57 Å². The summed E-state index contributed by atoms with van der Waals surface area (Å²) in [5, 5.41) is 3.18. The Morgan fingerprint density at radius 1 is 1.22 bits per heavy atom. The van der Waals surface area contributed by atoms with Crippen molar-refractivity contribution in [2.45, 2.75) is 59.4 Å². The van der Waals surface area contributed by atoms with Crippen molar-refractivity contribution < 1.29 is 9.53 Å². The lowest BCUT2D eigenvalue weighted by molar-refractivity contribution is 0.0939. The Kier molecular flexibility index (Phi) is 11.7. The number of allylic oxidation sites excluding steroid dienone is 1. The Morgan fingerprint density at radius 2 is 1.92 bits per heavy atom. The smallest absolute Gasteiger partial charge is 0.252 e. The molecule has 0 spiro atoms. The van der Waals surface area contributed by atoms with E-state index in [0.29, 0.717) is 11.7 Å². The summed E-state index contributed by atoms with van der Waals surface area (Å²) in [6, 6.07) is 12.0. The first kappa shape index (κ1) is 29.1. The molecule has 6 heteroatoms. The molecule has 1 amide bonds. The minimum atomic E-state index is -0.213. The fourth-order valence-corrected chi connectivity index (χ4v) is 4.59. The monoisotopic (exact) mass is 492 g/mol. The van der Waals surface area contributed by atoms with Crippen LogP contribution in [0.5, 0.6) is 5.75 Å². The number of rotatable bonds is 8. The second kappa shape index (κ2) is 14.4. The number of nitrogens with two attached hydrogens (primary N) is 1. The summed E-state index contributed by atoms with van der Waals surface area (Å²) in [5.41, 5.74) is 11.4. The van der Waals surface area contributed by atoms with Crippen LogP contribution < -0.4 is 15.8 Å². The minimum Gasteiger partial charge on any atom is -0.497 e. The van der Waals surface area contributed by atoms with E-state index < -0.39 is 0 Å². The number of likely N-dealkylation sites (tertiary alicyclic amines) is 1. The molecule has 1 saturated heterocycles. The molecule has 0 aliphatic carbocycles. The number of aliphatic imine (C=N–C) groups is 1. The van der Waals surface area contributed by atoms with Crippen LogP contribution in [0, 0.1) is 6.92 Å². The quantitative estimate of drug-likeness (QED) is 0.462. The lowest BCUT2D eigenvalue weighted by atomic mass is 9.87. The molecule has 1 unspecified atom stereocenters. The van der Waals surface area contributed by atoms with Gasteiger partial charge in [0.25, 0.3) is 5.91 Å². The molecule has 0 saturated carbocycles. The van der Waals surface area contributed by atoms with Crippen molar-refractivity contribution >= 4 is 17.7 Å². The molecule has 0 bridgehead atoms.